The molecule has 3 rings (SSSR count). The Kier molecular flexibility index (Phi) is 9.95. The lowest BCUT2D eigenvalue weighted by Crippen LogP contribution is -2.45. The van der Waals surface area contributed by atoms with E-state index >= 15 is 0 Å². The van der Waals surface area contributed by atoms with Crippen molar-refractivity contribution in [2.24, 2.45) is 5.92 Å². The van der Waals surface area contributed by atoms with Gasteiger partial charge in [0.2, 0.25) is 12.7 Å². The van der Waals surface area contributed by atoms with Gasteiger partial charge in [0, 0.05) is 45.1 Å². The maximum absolute atomic E-state index is 13.2. The number of hydrogen-bond donors (Lipinski definition) is 1. The van der Waals surface area contributed by atoms with Crippen LogP contribution in [0.2, 0.25) is 0 Å². The highest BCUT2D eigenvalue weighted by Gasteiger charge is 2.47. The van der Waals surface area contributed by atoms with E-state index in [1.807, 2.05) is 37.8 Å². The van der Waals surface area contributed by atoms with Crippen LogP contribution in [0, 0.1) is 5.92 Å². The lowest BCUT2D eigenvalue weighted by Gasteiger charge is -2.30. The second-order valence-corrected chi connectivity index (χ2v) is 9.30. The molecule has 1 fully saturated rings. The molecule has 2 aliphatic heterocycles. The molecule has 3 atom stereocenters. The summed E-state index contributed by atoms with van der Waals surface area (Å²) in [5, 5.41) is 11.7. The molecular formula is C26H39N3O7. The van der Waals surface area contributed by atoms with Gasteiger partial charge >= 0.3 is 5.97 Å². The number of hydroxylamine groups is 2. The molecule has 200 valence electrons. The monoisotopic (exact) mass is 505 g/mol. The number of nitrogens with zero attached hydrogens (tertiary/aromatic N) is 3. The fraction of sp³-hybridized carbons (Fsp3) is 0.654. The first-order valence-corrected chi connectivity index (χ1v) is 12.9. The molecule has 2 heterocycles. The van der Waals surface area contributed by atoms with Gasteiger partial charge in [0.05, 0.1) is 19.1 Å². The topological polar surface area (TPSA) is 109 Å². The zero-order valence-electron chi connectivity index (χ0n) is 21.8. The molecule has 10 nitrogen and oxygen atoms in total. The van der Waals surface area contributed by atoms with Gasteiger partial charge < -0.3 is 19.5 Å². The standard InChI is InChI=1S/C26H39N3O7/c1-5-11-29(36-13-6-2)24(31)16-28-15-20(19-8-9-22-23(14-19)35-17-34-22)25(26(32)33)21(28)10-12-27(7-3)18(4)30/h8-9,14,20-21,25H,5-7,10-13,15-17H2,1-4H3,(H,32,33)/t20-,21+,25-/m1/s1. The predicted octanol–water partition coefficient (Wildman–Crippen LogP) is 2.72. The summed E-state index contributed by atoms with van der Waals surface area (Å²) in [7, 11) is 0. The van der Waals surface area contributed by atoms with Crippen LogP contribution < -0.4 is 9.47 Å². The van der Waals surface area contributed by atoms with Gasteiger partial charge in [0.25, 0.3) is 5.91 Å². The van der Waals surface area contributed by atoms with Gasteiger partial charge in [-0.15, -0.1) is 0 Å². The highest BCUT2D eigenvalue weighted by molar-refractivity contribution is 5.78. The minimum atomic E-state index is -0.920. The van der Waals surface area contributed by atoms with E-state index in [-0.39, 0.29) is 31.1 Å². The van der Waals surface area contributed by atoms with Crippen molar-refractivity contribution >= 4 is 17.8 Å². The van der Waals surface area contributed by atoms with E-state index in [0.717, 1.165) is 18.4 Å². The number of ether oxygens (including phenoxy) is 2. The Morgan fingerprint density at radius 3 is 2.50 bits per heavy atom. The summed E-state index contributed by atoms with van der Waals surface area (Å²) in [6.07, 6.45) is 1.98. The zero-order valence-corrected chi connectivity index (χ0v) is 21.8. The average Bonchev–Trinajstić information content (AvgIpc) is 3.46. The van der Waals surface area contributed by atoms with E-state index in [1.165, 1.54) is 12.0 Å². The normalized spacial score (nSPS) is 20.9. The van der Waals surface area contributed by atoms with Crippen molar-refractivity contribution in [2.45, 2.75) is 58.9 Å². The number of likely N-dealkylation sites (tertiary alicyclic amines) is 1. The Morgan fingerprint density at radius 2 is 1.86 bits per heavy atom. The third-order valence-electron chi connectivity index (χ3n) is 6.87. The number of benzene rings is 1. The molecule has 0 radical (unpaired) electrons. The Hall–Kier alpha value is -2.85. The first-order valence-electron chi connectivity index (χ1n) is 12.9. The molecular weight excluding hydrogens is 466 g/mol. The van der Waals surface area contributed by atoms with E-state index in [4.69, 9.17) is 14.3 Å². The lowest BCUT2D eigenvalue weighted by atomic mass is 9.84. The van der Waals surface area contributed by atoms with E-state index in [9.17, 15) is 19.5 Å². The van der Waals surface area contributed by atoms with Crippen molar-refractivity contribution in [3.8, 4) is 11.5 Å². The number of hydrogen-bond acceptors (Lipinski definition) is 7. The molecule has 0 spiro atoms. The second-order valence-electron chi connectivity index (χ2n) is 9.30. The Bertz CT molecular complexity index is 925. The summed E-state index contributed by atoms with van der Waals surface area (Å²) in [4.78, 5) is 47.2. The third kappa shape index (κ3) is 6.47. The van der Waals surface area contributed by atoms with E-state index in [0.29, 0.717) is 50.7 Å². The van der Waals surface area contributed by atoms with Crippen LogP contribution in [-0.4, -0.2) is 89.9 Å². The molecule has 0 aliphatic carbocycles. The molecule has 1 saturated heterocycles. The summed E-state index contributed by atoms with van der Waals surface area (Å²) in [6, 6.07) is 5.09. The first-order chi connectivity index (χ1) is 17.3. The summed E-state index contributed by atoms with van der Waals surface area (Å²) in [6.45, 7) is 9.82. The molecule has 2 amide bonds. The van der Waals surface area contributed by atoms with Crippen molar-refractivity contribution in [3.05, 3.63) is 23.8 Å². The van der Waals surface area contributed by atoms with Crippen LogP contribution in [0.15, 0.2) is 18.2 Å². The Balaban J connectivity index is 1.88. The van der Waals surface area contributed by atoms with Gasteiger partial charge in [0.15, 0.2) is 11.5 Å². The van der Waals surface area contributed by atoms with Crippen LogP contribution in [0.5, 0.6) is 11.5 Å². The van der Waals surface area contributed by atoms with Gasteiger partial charge in [-0.05, 0) is 43.9 Å². The highest BCUT2D eigenvalue weighted by atomic mass is 16.7. The summed E-state index contributed by atoms with van der Waals surface area (Å²) >= 11 is 0. The number of fused-ring (bicyclic) bond motifs is 1. The largest absolute Gasteiger partial charge is 0.481 e. The maximum atomic E-state index is 13.2. The third-order valence-corrected chi connectivity index (χ3v) is 6.87. The highest BCUT2D eigenvalue weighted by Crippen LogP contribution is 2.42. The van der Waals surface area contributed by atoms with Gasteiger partial charge in [-0.3, -0.25) is 24.1 Å². The van der Waals surface area contributed by atoms with Crippen LogP contribution in [0.1, 0.15) is 58.4 Å². The smallest absolute Gasteiger partial charge is 0.308 e. The van der Waals surface area contributed by atoms with Crippen LogP contribution in [0.3, 0.4) is 0 Å². The van der Waals surface area contributed by atoms with Crippen LogP contribution >= 0.6 is 0 Å². The maximum Gasteiger partial charge on any atom is 0.308 e. The van der Waals surface area contributed by atoms with Crippen molar-refractivity contribution in [2.75, 3.05) is 46.1 Å². The summed E-state index contributed by atoms with van der Waals surface area (Å²) in [5.41, 5.74) is 0.832. The number of rotatable bonds is 13. The number of carboxylic acids is 1. The molecule has 36 heavy (non-hydrogen) atoms. The molecule has 0 saturated carbocycles. The molecule has 1 N–H and O–H groups in total. The van der Waals surface area contributed by atoms with Crippen molar-refractivity contribution in [1.29, 1.82) is 0 Å². The number of aliphatic carboxylic acids is 1. The van der Waals surface area contributed by atoms with E-state index in [1.54, 1.807) is 11.0 Å². The van der Waals surface area contributed by atoms with Gasteiger partial charge in [0.1, 0.15) is 0 Å². The number of carbonyl (C=O) groups excluding carboxylic acids is 2. The molecule has 1 aromatic rings. The van der Waals surface area contributed by atoms with Crippen molar-refractivity contribution in [3.63, 3.8) is 0 Å². The van der Waals surface area contributed by atoms with Crippen LogP contribution in [0.25, 0.3) is 0 Å². The molecule has 2 aliphatic rings. The van der Waals surface area contributed by atoms with Crippen molar-refractivity contribution < 1.29 is 33.8 Å². The van der Waals surface area contributed by atoms with Gasteiger partial charge in [-0.1, -0.05) is 19.9 Å². The Morgan fingerprint density at radius 1 is 1.11 bits per heavy atom. The minimum absolute atomic E-state index is 0.0470. The summed E-state index contributed by atoms with van der Waals surface area (Å²) in [5.74, 6) is -1.03. The van der Waals surface area contributed by atoms with Crippen LogP contribution in [-0.2, 0) is 19.2 Å². The Labute approximate surface area is 213 Å². The fourth-order valence-electron chi connectivity index (χ4n) is 5.08. The molecule has 0 unspecified atom stereocenters. The second kappa shape index (κ2) is 12.9. The number of carbonyl (C=O) groups is 3. The number of carboxylic acid groups (broad SMARTS) is 1. The molecule has 0 bridgehead atoms. The lowest BCUT2D eigenvalue weighted by molar-refractivity contribution is -0.188. The molecule has 1 aromatic carbocycles. The fourth-order valence-corrected chi connectivity index (χ4v) is 5.08. The van der Waals surface area contributed by atoms with E-state index < -0.39 is 17.9 Å². The zero-order chi connectivity index (χ0) is 26.2. The summed E-state index contributed by atoms with van der Waals surface area (Å²) < 4.78 is 10.9. The average molecular weight is 506 g/mol. The minimum Gasteiger partial charge on any atom is -0.481 e. The van der Waals surface area contributed by atoms with Gasteiger partial charge in [-0.25, -0.2) is 5.06 Å². The molecule has 10 heteroatoms. The first kappa shape index (κ1) is 27.7. The predicted molar refractivity (Wildman–Crippen MR) is 133 cm³/mol. The van der Waals surface area contributed by atoms with Crippen molar-refractivity contribution in [1.82, 2.24) is 14.9 Å². The van der Waals surface area contributed by atoms with Crippen LogP contribution in [0.4, 0.5) is 0 Å². The van der Waals surface area contributed by atoms with E-state index in [2.05, 4.69) is 0 Å². The quantitative estimate of drug-likeness (QED) is 0.408. The SMILES string of the molecule is CCCON(CCC)C(=O)CN1C[C@H](c2ccc3c(c2)OCO3)[C@@H](C(=O)O)[C@@H]1CCN(CC)C(C)=O. The molecule has 0 aromatic heterocycles. The van der Waals surface area contributed by atoms with Gasteiger partial charge in [-0.2, -0.15) is 0 Å². The number of amides is 2.